The molecule has 0 saturated heterocycles. The highest BCUT2D eigenvalue weighted by Crippen LogP contribution is 2.29. The van der Waals surface area contributed by atoms with Gasteiger partial charge in [0, 0.05) is 25.8 Å². The Balaban J connectivity index is 2.29. The van der Waals surface area contributed by atoms with Crippen LogP contribution in [0.15, 0.2) is 42.5 Å². The van der Waals surface area contributed by atoms with Crippen LogP contribution in [-0.4, -0.2) is 52.9 Å². The highest BCUT2D eigenvalue weighted by atomic mass is 32.2. The lowest BCUT2D eigenvalue weighted by Crippen LogP contribution is -2.33. The molecular weight excluding hydrogens is 382 g/mol. The number of aryl methyl sites for hydroxylation is 1. The third kappa shape index (κ3) is 6.24. The lowest BCUT2D eigenvalue weighted by atomic mass is 10.1. The first kappa shape index (κ1) is 21.7. The van der Waals surface area contributed by atoms with Crippen molar-refractivity contribution in [3.05, 3.63) is 59.2 Å². The van der Waals surface area contributed by atoms with Crippen molar-refractivity contribution in [2.75, 3.05) is 33.6 Å². The van der Waals surface area contributed by atoms with Crippen molar-refractivity contribution < 1.29 is 26.9 Å². The number of hydrogen-bond acceptors (Lipinski definition) is 6. The minimum Gasteiger partial charge on any atom is -0.493 e. The van der Waals surface area contributed by atoms with E-state index in [1.165, 1.54) is 7.11 Å². The van der Waals surface area contributed by atoms with E-state index in [1.807, 2.05) is 19.1 Å². The molecule has 0 heterocycles. The lowest BCUT2D eigenvalue weighted by molar-refractivity contribution is 0.0680. The van der Waals surface area contributed by atoms with Gasteiger partial charge in [0.25, 0.3) is 5.91 Å². The predicted octanol–water partition coefficient (Wildman–Crippen LogP) is 2.63. The van der Waals surface area contributed by atoms with Crippen molar-refractivity contribution in [1.82, 2.24) is 4.90 Å². The van der Waals surface area contributed by atoms with Gasteiger partial charge < -0.3 is 18.6 Å². The number of ether oxygens (including phenoxy) is 2. The highest BCUT2D eigenvalue weighted by molar-refractivity contribution is 7.86. The van der Waals surface area contributed by atoms with Crippen molar-refractivity contribution in [2.45, 2.75) is 13.5 Å². The average molecular weight is 407 g/mol. The van der Waals surface area contributed by atoms with Gasteiger partial charge in [-0.25, -0.2) is 0 Å². The number of rotatable bonds is 9. The fourth-order valence-electron chi connectivity index (χ4n) is 2.60. The zero-order chi connectivity index (χ0) is 20.7. The van der Waals surface area contributed by atoms with E-state index < -0.39 is 10.1 Å². The van der Waals surface area contributed by atoms with Gasteiger partial charge in [-0.2, -0.15) is 8.42 Å². The number of methoxy groups -OCH3 is 2. The predicted molar refractivity (Wildman–Crippen MR) is 106 cm³/mol. The monoisotopic (exact) mass is 407 g/mol. The molecule has 2 aromatic carbocycles. The van der Waals surface area contributed by atoms with Crippen LogP contribution in [0.2, 0.25) is 0 Å². The third-order valence-electron chi connectivity index (χ3n) is 3.99. The molecule has 1 amide bonds. The first-order valence-corrected chi connectivity index (χ1v) is 10.5. The molecule has 0 radical (unpaired) electrons. The molecule has 0 aliphatic rings. The first-order valence-electron chi connectivity index (χ1n) is 8.64. The van der Waals surface area contributed by atoms with Gasteiger partial charge in [0.15, 0.2) is 11.5 Å². The molecule has 0 aromatic heterocycles. The van der Waals surface area contributed by atoms with Crippen molar-refractivity contribution in [2.24, 2.45) is 0 Å². The molecule has 28 heavy (non-hydrogen) atoms. The molecule has 0 fully saturated rings. The van der Waals surface area contributed by atoms with Gasteiger partial charge in [-0.15, -0.1) is 0 Å². The molecule has 7 nitrogen and oxygen atoms in total. The molecule has 8 heteroatoms. The van der Waals surface area contributed by atoms with Crippen molar-refractivity contribution in [3.8, 4) is 11.5 Å². The second-order valence-corrected chi connectivity index (χ2v) is 7.93. The number of benzene rings is 2. The summed E-state index contributed by atoms with van der Waals surface area (Å²) in [5.74, 6) is 0.234. The molecule has 0 atom stereocenters. The Morgan fingerprint density at radius 2 is 1.71 bits per heavy atom. The fraction of sp³-hybridized carbons (Fsp3) is 0.350. The van der Waals surface area contributed by atoms with E-state index in [4.69, 9.17) is 13.7 Å². The summed E-state index contributed by atoms with van der Waals surface area (Å²) in [6.07, 6.45) is 0.963. The van der Waals surface area contributed by atoms with Crippen LogP contribution in [0.3, 0.4) is 0 Å². The van der Waals surface area contributed by atoms with Crippen LogP contribution >= 0.6 is 0 Å². The van der Waals surface area contributed by atoms with Gasteiger partial charge in [-0.3, -0.25) is 4.79 Å². The van der Waals surface area contributed by atoms with Gasteiger partial charge in [0.05, 0.1) is 20.0 Å². The topological polar surface area (TPSA) is 82.1 Å². The van der Waals surface area contributed by atoms with Crippen LogP contribution in [0.1, 0.15) is 21.5 Å². The number of carbonyl (C=O) groups is 1. The van der Waals surface area contributed by atoms with Crippen molar-refractivity contribution >= 4 is 16.0 Å². The summed E-state index contributed by atoms with van der Waals surface area (Å²) in [5.41, 5.74) is 2.34. The standard InChI is InChI=1S/C20H25NO6S/c1-15-5-8-17(9-6-15)20(22)21(11-12-25-2)14-16-7-10-18(26-3)19(13-16)27-28(4,23)24/h5-10,13H,11-12,14H2,1-4H3. The summed E-state index contributed by atoms with van der Waals surface area (Å²) in [7, 11) is -0.717. The molecule has 0 spiro atoms. The molecule has 0 bridgehead atoms. The number of nitrogens with zero attached hydrogens (tertiary/aromatic N) is 1. The maximum absolute atomic E-state index is 12.9. The van der Waals surface area contributed by atoms with Crippen LogP contribution in [-0.2, 0) is 21.4 Å². The Labute approximate surface area is 166 Å². The van der Waals surface area contributed by atoms with E-state index in [2.05, 4.69) is 0 Å². The second kappa shape index (κ2) is 9.57. The van der Waals surface area contributed by atoms with Crippen LogP contribution in [0, 0.1) is 6.92 Å². The maximum Gasteiger partial charge on any atom is 0.306 e. The average Bonchev–Trinajstić information content (AvgIpc) is 2.64. The van der Waals surface area contributed by atoms with Crippen molar-refractivity contribution in [1.29, 1.82) is 0 Å². The van der Waals surface area contributed by atoms with Crippen LogP contribution in [0.5, 0.6) is 11.5 Å². The zero-order valence-electron chi connectivity index (χ0n) is 16.5. The summed E-state index contributed by atoms with van der Waals surface area (Å²) < 4.78 is 38.3. The number of carbonyl (C=O) groups excluding carboxylic acids is 1. The van der Waals surface area contributed by atoms with Crippen molar-refractivity contribution in [3.63, 3.8) is 0 Å². The van der Waals surface area contributed by atoms with Crippen LogP contribution < -0.4 is 8.92 Å². The fourth-order valence-corrected chi connectivity index (χ4v) is 3.06. The molecule has 0 saturated carbocycles. The third-order valence-corrected chi connectivity index (χ3v) is 4.48. The highest BCUT2D eigenvalue weighted by Gasteiger charge is 2.18. The summed E-state index contributed by atoms with van der Waals surface area (Å²) >= 11 is 0. The molecule has 0 aliphatic carbocycles. The van der Waals surface area contributed by atoms with Gasteiger partial charge in [-0.05, 0) is 36.8 Å². The summed E-state index contributed by atoms with van der Waals surface area (Å²) in [4.78, 5) is 14.6. The van der Waals surface area contributed by atoms with E-state index in [0.717, 1.165) is 11.8 Å². The molecule has 0 aliphatic heterocycles. The maximum atomic E-state index is 12.9. The summed E-state index contributed by atoms with van der Waals surface area (Å²) in [6.45, 7) is 2.98. The van der Waals surface area contributed by atoms with E-state index in [0.29, 0.717) is 30.0 Å². The Morgan fingerprint density at radius 3 is 2.29 bits per heavy atom. The molecule has 152 valence electrons. The van der Waals surface area contributed by atoms with Crippen LogP contribution in [0.25, 0.3) is 0 Å². The summed E-state index contributed by atoms with van der Waals surface area (Å²) in [6, 6.07) is 12.3. The Hall–Kier alpha value is -2.58. The quantitative estimate of drug-likeness (QED) is 0.595. The van der Waals surface area contributed by atoms with E-state index in [9.17, 15) is 13.2 Å². The Kier molecular flexibility index (Phi) is 7.42. The minimum atomic E-state index is -3.71. The van der Waals surface area contributed by atoms with Gasteiger partial charge in [0.1, 0.15) is 0 Å². The Bertz CT molecular complexity index is 909. The molecular formula is C20H25NO6S. The SMILES string of the molecule is COCCN(Cc1ccc(OC)c(OS(C)(=O)=O)c1)C(=O)c1ccc(C)cc1. The van der Waals surface area contributed by atoms with Gasteiger partial charge in [-0.1, -0.05) is 23.8 Å². The first-order chi connectivity index (χ1) is 13.2. The molecule has 2 rings (SSSR count). The smallest absolute Gasteiger partial charge is 0.306 e. The van der Waals surface area contributed by atoms with E-state index in [-0.39, 0.29) is 18.2 Å². The van der Waals surface area contributed by atoms with Gasteiger partial charge >= 0.3 is 10.1 Å². The molecule has 2 aromatic rings. The number of hydrogen-bond donors (Lipinski definition) is 0. The normalized spacial score (nSPS) is 11.1. The molecule has 0 N–H and O–H groups in total. The lowest BCUT2D eigenvalue weighted by Gasteiger charge is -2.23. The largest absolute Gasteiger partial charge is 0.493 e. The Morgan fingerprint density at radius 1 is 1.04 bits per heavy atom. The van der Waals surface area contributed by atoms with Gasteiger partial charge in [0.2, 0.25) is 0 Å². The van der Waals surface area contributed by atoms with E-state index in [1.54, 1.807) is 42.3 Å². The second-order valence-electron chi connectivity index (χ2n) is 6.36. The van der Waals surface area contributed by atoms with Crippen LogP contribution in [0.4, 0.5) is 0 Å². The zero-order valence-corrected chi connectivity index (χ0v) is 17.3. The number of amides is 1. The summed E-state index contributed by atoms with van der Waals surface area (Å²) in [5, 5.41) is 0. The van der Waals surface area contributed by atoms with E-state index >= 15 is 0 Å². The molecule has 0 unspecified atom stereocenters. The minimum absolute atomic E-state index is 0.0805.